The molecule has 1 aliphatic heterocycles. The molecule has 0 aromatic carbocycles. The number of rotatable bonds is 4. The molecule has 5 heteroatoms. The summed E-state index contributed by atoms with van der Waals surface area (Å²) in [6, 6.07) is 0.666. The van der Waals surface area contributed by atoms with E-state index in [1.807, 2.05) is 0 Å². The van der Waals surface area contributed by atoms with Gasteiger partial charge in [-0.3, -0.25) is 0 Å². The first-order valence-electron chi connectivity index (χ1n) is 7.18. The molecule has 108 valence electrons. The molecule has 19 heavy (non-hydrogen) atoms. The monoisotopic (exact) mass is 282 g/mol. The molecule has 0 bridgehead atoms. The third-order valence-electron chi connectivity index (χ3n) is 3.69. The minimum atomic E-state index is 0.0399. The summed E-state index contributed by atoms with van der Waals surface area (Å²) in [6.45, 7) is 14.4. The quantitative estimate of drug-likeness (QED) is 0.922. The van der Waals surface area contributed by atoms with Crippen LogP contribution < -0.4 is 5.32 Å². The molecule has 1 aliphatic rings. The first kappa shape index (κ1) is 14.7. The maximum Gasteiger partial charge on any atom is 0.202 e. The first-order chi connectivity index (χ1) is 8.86. The van der Waals surface area contributed by atoms with E-state index in [4.69, 9.17) is 0 Å². The molecule has 0 aliphatic carbocycles. The van der Waals surface area contributed by atoms with E-state index in [1.54, 1.807) is 0 Å². The van der Waals surface area contributed by atoms with E-state index in [-0.39, 0.29) is 5.41 Å². The summed E-state index contributed by atoms with van der Waals surface area (Å²) >= 11 is 1.48. The van der Waals surface area contributed by atoms with Gasteiger partial charge in [-0.15, -0.1) is 0 Å². The maximum atomic E-state index is 4.58. The van der Waals surface area contributed by atoms with E-state index in [1.165, 1.54) is 31.0 Å². The van der Waals surface area contributed by atoms with Crippen molar-refractivity contribution in [3.63, 3.8) is 0 Å². The lowest BCUT2D eigenvalue weighted by atomic mass is 9.96. The van der Waals surface area contributed by atoms with Crippen molar-refractivity contribution >= 4 is 16.7 Å². The van der Waals surface area contributed by atoms with Gasteiger partial charge in [0.05, 0.1) is 0 Å². The van der Waals surface area contributed by atoms with Crippen LogP contribution in [0, 0.1) is 5.92 Å². The molecule has 1 aromatic heterocycles. The predicted octanol–water partition coefficient (Wildman–Crippen LogP) is 2.98. The molecule has 2 heterocycles. The van der Waals surface area contributed by atoms with Crippen molar-refractivity contribution in [3.05, 3.63) is 5.82 Å². The van der Waals surface area contributed by atoms with Crippen molar-refractivity contribution < 1.29 is 0 Å². The average Bonchev–Trinajstić information content (AvgIpc) is 2.95. The van der Waals surface area contributed by atoms with E-state index in [9.17, 15) is 0 Å². The fraction of sp³-hybridized carbons (Fsp3) is 0.857. The SMILES string of the molecule is CC(C)N1CCC(CNc2nc(C(C)(C)C)ns2)C1. The zero-order chi connectivity index (χ0) is 14.0. The number of aromatic nitrogens is 2. The van der Waals surface area contributed by atoms with Crippen molar-refractivity contribution in [1.29, 1.82) is 0 Å². The summed E-state index contributed by atoms with van der Waals surface area (Å²) in [5, 5.41) is 4.42. The van der Waals surface area contributed by atoms with Gasteiger partial charge in [0.1, 0.15) is 5.82 Å². The highest BCUT2D eigenvalue weighted by Crippen LogP contribution is 2.24. The van der Waals surface area contributed by atoms with Crippen LogP contribution in [0.25, 0.3) is 0 Å². The third-order valence-corrected chi connectivity index (χ3v) is 4.36. The Morgan fingerprint density at radius 2 is 2.16 bits per heavy atom. The number of hydrogen-bond donors (Lipinski definition) is 1. The molecule has 4 nitrogen and oxygen atoms in total. The van der Waals surface area contributed by atoms with Crippen LogP contribution in [0.15, 0.2) is 0 Å². The van der Waals surface area contributed by atoms with Crippen LogP contribution in [0.1, 0.15) is 46.9 Å². The van der Waals surface area contributed by atoms with E-state index in [2.05, 4.69) is 54.2 Å². The molecule has 1 N–H and O–H groups in total. The zero-order valence-electron chi connectivity index (χ0n) is 12.7. The molecule has 0 spiro atoms. The van der Waals surface area contributed by atoms with Gasteiger partial charge in [0.15, 0.2) is 0 Å². The number of anilines is 1. The lowest BCUT2D eigenvalue weighted by Crippen LogP contribution is -2.29. The normalized spacial score (nSPS) is 21.3. The minimum absolute atomic E-state index is 0.0399. The Kier molecular flexibility index (Phi) is 4.46. The smallest absolute Gasteiger partial charge is 0.202 e. The van der Waals surface area contributed by atoms with Crippen LogP contribution in [0.2, 0.25) is 0 Å². The van der Waals surface area contributed by atoms with Gasteiger partial charge in [0.25, 0.3) is 0 Å². The van der Waals surface area contributed by atoms with Crippen molar-refractivity contribution in [2.75, 3.05) is 25.0 Å². The summed E-state index contributed by atoms with van der Waals surface area (Å²) in [5.41, 5.74) is 0.0399. The maximum absolute atomic E-state index is 4.58. The fourth-order valence-electron chi connectivity index (χ4n) is 2.33. The Labute approximate surface area is 120 Å². The van der Waals surface area contributed by atoms with E-state index in [0.717, 1.165) is 23.4 Å². The first-order valence-corrected chi connectivity index (χ1v) is 7.95. The molecule has 1 unspecified atom stereocenters. The van der Waals surface area contributed by atoms with Crippen LogP contribution in [0.4, 0.5) is 5.13 Å². The molecular formula is C14H26N4S. The lowest BCUT2D eigenvalue weighted by Gasteiger charge is -2.20. The van der Waals surface area contributed by atoms with Gasteiger partial charge in [0.2, 0.25) is 5.13 Å². The highest BCUT2D eigenvalue weighted by Gasteiger charge is 2.24. The second-order valence-corrected chi connectivity index (χ2v) is 7.55. The summed E-state index contributed by atoms with van der Waals surface area (Å²) in [4.78, 5) is 7.13. The molecule has 1 fully saturated rings. The second-order valence-electron chi connectivity index (χ2n) is 6.80. The van der Waals surface area contributed by atoms with Crippen molar-refractivity contribution in [2.45, 2.75) is 52.5 Å². The Morgan fingerprint density at radius 1 is 1.42 bits per heavy atom. The highest BCUT2D eigenvalue weighted by atomic mass is 32.1. The van der Waals surface area contributed by atoms with E-state index >= 15 is 0 Å². The summed E-state index contributed by atoms with van der Waals surface area (Å²) in [7, 11) is 0. The van der Waals surface area contributed by atoms with Gasteiger partial charge in [0, 0.05) is 36.1 Å². The summed E-state index contributed by atoms with van der Waals surface area (Å²) in [6.07, 6.45) is 1.29. The minimum Gasteiger partial charge on any atom is -0.360 e. The molecule has 0 amide bonds. The van der Waals surface area contributed by atoms with Gasteiger partial charge in [-0.25, -0.2) is 4.98 Å². The summed E-state index contributed by atoms with van der Waals surface area (Å²) < 4.78 is 4.43. The van der Waals surface area contributed by atoms with Crippen LogP contribution in [0.5, 0.6) is 0 Å². The molecular weight excluding hydrogens is 256 g/mol. The van der Waals surface area contributed by atoms with Crippen molar-refractivity contribution in [3.8, 4) is 0 Å². The molecule has 1 saturated heterocycles. The number of hydrogen-bond acceptors (Lipinski definition) is 5. The zero-order valence-corrected chi connectivity index (χ0v) is 13.5. The largest absolute Gasteiger partial charge is 0.360 e. The van der Waals surface area contributed by atoms with E-state index < -0.39 is 0 Å². The van der Waals surface area contributed by atoms with Crippen LogP contribution in [-0.2, 0) is 5.41 Å². The van der Waals surface area contributed by atoms with Crippen LogP contribution in [-0.4, -0.2) is 39.9 Å². The fourth-order valence-corrected chi connectivity index (χ4v) is 3.09. The van der Waals surface area contributed by atoms with Crippen LogP contribution >= 0.6 is 11.5 Å². The van der Waals surface area contributed by atoms with Crippen LogP contribution in [0.3, 0.4) is 0 Å². The molecule has 2 rings (SSSR count). The predicted molar refractivity (Wildman–Crippen MR) is 81.9 cm³/mol. The Bertz CT molecular complexity index is 408. The number of nitrogens with one attached hydrogen (secondary N) is 1. The number of likely N-dealkylation sites (tertiary alicyclic amines) is 1. The van der Waals surface area contributed by atoms with Crippen molar-refractivity contribution in [2.24, 2.45) is 5.92 Å². The Morgan fingerprint density at radius 3 is 2.68 bits per heavy atom. The van der Waals surface area contributed by atoms with E-state index in [0.29, 0.717) is 6.04 Å². The second kappa shape index (κ2) is 5.75. The van der Waals surface area contributed by atoms with Gasteiger partial charge in [-0.1, -0.05) is 20.8 Å². The average molecular weight is 282 g/mol. The van der Waals surface area contributed by atoms with Gasteiger partial charge >= 0.3 is 0 Å². The molecule has 0 saturated carbocycles. The van der Waals surface area contributed by atoms with Gasteiger partial charge in [-0.05, 0) is 32.7 Å². The highest BCUT2D eigenvalue weighted by molar-refractivity contribution is 7.09. The Hall–Kier alpha value is -0.680. The van der Waals surface area contributed by atoms with Gasteiger partial charge in [-0.2, -0.15) is 4.37 Å². The Balaban J connectivity index is 1.82. The number of nitrogens with zero attached hydrogens (tertiary/aromatic N) is 3. The lowest BCUT2D eigenvalue weighted by molar-refractivity contribution is 0.266. The molecule has 1 atom stereocenters. The molecule has 1 aromatic rings. The van der Waals surface area contributed by atoms with Crippen molar-refractivity contribution in [1.82, 2.24) is 14.3 Å². The van der Waals surface area contributed by atoms with Gasteiger partial charge < -0.3 is 10.2 Å². The summed E-state index contributed by atoms with van der Waals surface area (Å²) in [5.74, 6) is 1.68. The standard InChI is InChI=1S/C14H26N4S/c1-10(2)18-7-6-11(9-18)8-15-13-16-12(17-19-13)14(3,4)5/h10-11H,6-9H2,1-5H3,(H,15,16,17). The third kappa shape index (κ3) is 3.89. The molecule has 0 radical (unpaired) electrons. The topological polar surface area (TPSA) is 41.0 Å².